The van der Waals surface area contributed by atoms with E-state index in [1.165, 1.54) is 38.0 Å². The molecule has 2 amide bonds. The zero-order chi connectivity index (χ0) is 31.4. The number of benzene rings is 3. The first-order valence-corrected chi connectivity index (χ1v) is 13.6. The van der Waals surface area contributed by atoms with Crippen LogP contribution in [0.4, 0.5) is 10.1 Å². The molecule has 0 fully saturated rings. The molecule has 3 aromatic carbocycles. The first-order valence-electron chi connectivity index (χ1n) is 13.6. The maximum atomic E-state index is 15.3. The van der Waals surface area contributed by atoms with Gasteiger partial charge in [-0.3, -0.25) is 19.0 Å². The van der Waals surface area contributed by atoms with E-state index < -0.39 is 28.9 Å². The Bertz CT molecular complexity index is 1840. The van der Waals surface area contributed by atoms with E-state index in [2.05, 4.69) is 10.6 Å². The van der Waals surface area contributed by atoms with Gasteiger partial charge in [0.25, 0.3) is 11.5 Å². The van der Waals surface area contributed by atoms with Crippen molar-refractivity contribution >= 4 is 17.5 Å². The quantitative estimate of drug-likeness (QED) is 0.243. The van der Waals surface area contributed by atoms with Crippen LogP contribution < -0.4 is 32.4 Å². The molecule has 10 nitrogen and oxygen atoms in total. The Balaban J connectivity index is 1.68. The number of carbonyl (C=O) groups is 2. The van der Waals surface area contributed by atoms with E-state index in [4.69, 9.17) is 10.5 Å². The van der Waals surface area contributed by atoms with E-state index in [0.29, 0.717) is 29.1 Å². The summed E-state index contributed by atoms with van der Waals surface area (Å²) in [5, 5.41) is 5.82. The number of aromatic nitrogens is 2. The molecule has 1 aromatic heterocycles. The topological polar surface area (TPSA) is 137 Å². The number of carbonyl (C=O) groups excluding carboxylic acids is 2. The highest BCUT2D eigenvalue weighted by Crippen LogP contribution is 2.37. The number of amides is 2. The molecule has 0 bridgehead atoms. The Hall–Kier alpha value is -5.03. The van der Waals surface area contributed by atoms with Gasteiger partial charge in [-0.2, -0.15) is 0 Å². The average molecular weight is 588 g/mol. The standard InChI is InChI=1S/C32H34FN5O5/c1-18-21(20-14-26(33)24(28(15-20)43-5)16-35-13-12-29(34)39)8-6-9-22(18)23-10-7-11-27(19(23)2)36-30(40)25-17-37(3)32(42)38(4)31(25)41/h6-11,14-15,17,35H,12-13,16H2,1-5H3,(H2,34,39)(H,36,40). The second kappa shape index (κ2) is 12.9. The van der Waals surface area contributed by atoms with Gasteiger partial charge in [0.2, 0.25) is 5.91 Å². The Morgan fingerprint density at radius 1 is 0.977 bits per heavy atom. The fraction of sp³-hybridized carbons (Fsp3) is 0.250. The number of nitrogens with zero attached hydrogens (tertiary/aromatic N) is 2. The van der Waals surface area contributed by atoms with Crippen molar-refractivity contribution < 1.29 is 18.7 Å². The number of aryl methyl sites for hydroxylation is 1. The molecule has 0 aliphatic carbocycles. The van der Waals surface area contributed by atoms with Crippen LogP contribution in [0, 0.1) is 19.7 Å². The molecule has 4 N–H and O–H groups in total. The number of nitrogens with one attached hydrogen (secondary N) is 2. The van der Waals surface area contributed by atoms with Crippen LogP contribution in [0.5, 0.6) is 5.75 Å². The van der Waals surface area contributed by atoms with Crippen molar-refractivity contribution in [1.82, 2.24) is 14.5 Å². The predicted octanol–water partition coefficient (Wildman–Crippen LogP) is 3.40. The van der Waals surface area contributed by atoms with Crippen molar-refractivity contribution in [3.05, 3.63) is 104 Å². The van der Waals surface area contributed by atoms with Gasteiger partial charge in [-0.15, -0.1) is 0 Å². The first-order chi connectivity index (χ1) is 20.4. The molecule has 1 heterocycles. The summed E-state index contributed by atoms with van der Waals surface area (Å²) >= 11 is 0. The molecule has 11 heteroatoms. The highest BCUT2D eigenvalue weighted by atomic mass is 19.1. The van der Waals surface area contributed by atoms with Gasteiger partial charge in [0.15, 0.2) is 0 Å². The van der Waals surface area contributed by atoms with Crippen LogP contribution in [0.25, 0.3) is 22.3 Å². The minimum absolute atomic E-state index is 0.143. The van der Waals surface area contributed by atoms with E-state index in [1.807, 2.05) is 38.1 Å². The normalized spacial score (nSPS) is 10.9. The number of halogens is 1. The fourth-order valence-electron chi connectivity index (χ4n) is 5.00. The summed E-state index contributed by atoms with van der Waals surface area (Å²) in [4.78, 5) is 48.7. The molecule has 0 saturated heterocycles. The SMILES string of the molecule is COc1cc(-c2cccc(-c3cccc(NC(=O)c4cn(C)c(=O)n(C)c4=O)c3C)c2C)cc(F)c1CNCCC(N)=O. The third-order valence-corrected chi connectivity index (χ3v) is 7.43. The monoisotopic (exact) mass is 587 g/mol. The fourth-order valence-corrected chi connectivity index (χ4v) is 5.00. The molecule has 224 valence electrons. The third kappa shape index (κ3) is 6.41. The number of hydrogen-bond acceptors (Lipinski definition) is 6. The highest BCUT2D eigenvalue weighted by Gasteiger charge is 2.19. The predicted molar refractivity (Wildman–Crippen MR) is 164 cm³/mol. The molecule has 0 aliphatic rings. The van der Waals surface area contributed by atoms with Gasteiger partial charge in [0.05, 0.1) is 7.11 Å². The second-order valence-electron chi connectivity index (χ2n) is 10.2. The van der Waals surface area contributed by atoms with Crippen LogP contribution in [-0.4, -0.2) is 34.6 Å². The molecule has 0 radical (unpaired) electrons. The first kappa shape index (κ1) is 30.9. The molecular formula is C32H34FN5O5. The lowest BCUT2D eigenvalue weighted by atomic mass is 9.90. The zero-order valence-corrected chi connectivity index (χ0v) is 24.7. The van der Waals surface area contributed by atoms with Crippen LogP contribution in [0.3, 0.4) is 0 Å². The van der Waals surface area contributed by atoms with Gasteiger partial charge in [0.1, 0.15) is 17.1 Å². The number of ether oxygens (including phenoxy) is 1. The number of hydrogen-bond donors (Lipinski definition) is 3. The van der Waals surface area contributed by atoms with Crippen molar-refractivity contribution in [2.45, 2.75) is 26.8 Å². The molecule has 0 saturated carbocycles. The lowest BCUT2D eigenvalue weighted by molar-refractivity contribution is -0.117. The maximum Gasteiger partial charge on any atom is 0.330 e. The average Bonchev–Trinajstić information content (AvgIpc) is 2.97. The van der Waals surface area contributed by atoms with Crippen molar-refractivity contribution in [3.8, 4) is 28.0 Å². The lowest BCUT2D eigenvalue weighted by Gasteiger charge is -2.18. The Kier molecular flexibility index (Phi) is 9.25. The molecule has 43 heavy (non-hydrogen) atoms. The summed E-state index contributed by atoms with van der Waals surface area (Å²) in [6, 6.07) is 14.4. The van der Waals surface area contributed by atoms with Crippen molar-refractivity contribution in [2.24, 2.45) is 19.8 Å². The second-order valence-corrected chi connectivity index (χ2v) is 10.2. The molecule has 0 spiro atoms. The minimum atomic E-state index is -0.687. The molecule has 0 unspecified atom stereocenters. The zero-order valence-electron chi connectivity index (χ0n) is 24.7. The molecule has 0 atom stereocenters. The molecular weight excluding hydrogens is 553 g/mol. The summed E-state index contributed by atoms with van der Waals surface area (Å²) in [7, 11) is 4.27. The summed E-state index contributed by atoms with van der Waals surface area (Å²) in [6.07, 6.45) is 1.37. The van der Waals surface area contributed by atoms with E-state index >= 15 is 4.39 Å². The summed E-state index contributed by atoms with van der Waals surface area (Å²) in [5.74, 6) is -1.15. The summed E-state index contributed by atoms with van der Waals surface area (Å²) in [6.45, 7) is 4.29. The molecule has 4 aromatic rings. The number of nitrogens with two attached hydrogens (primary N) is 1. The van der Waals surface area contributed by atoms with Crippen LogP contribution in [-0.2, 0) is 25.4 Å². The van der Waals surface area contributed by atoms with Crippen LogP contribution >= 0.6 is 0 Å². The Morgan fingerprint density at radius 3 is 2.30 bits per heavy atom. The number of methoxy groups -OCH3 is 1. The highest BCUT2D eigenvalue weighted by molar-refractivity contribution is 6.04. The minimum Gasteiger partial charge on any atom is -0.496 e. The van der Waals surface area contributed by atoms with E-state index in [1.54, 1.807) is 18.2 Å². The van der Waals surface area contributed by atoms with Gasteiger partial charge < -0.3 is 25.7 Å². The molecule has 0 aliphatic heterocycles. The van der Waals surface area contributed by atoms with E-state index in [0.717, 1.165) is 32.4 Å². The number of rotatable bonds is 10. The maximum absolute atomic E-state index is 15.3. The summed E-state index contributed by atoms with van der Waals surface area (Å²) in [5.41, 5.74) is 9.44. The van der Waals surface area contributed by atoms with Gasteiger partial charge >= 0.3 is 5.69 Å². The van der Waals surface area contributed by atoms with Gasteiger partial charge in [0, 0.05) is 51.1 Å². The van der Waals surface area contributed by atoms with Crippen molar-refractivity contribution in [2.75, 3.05) is 19.0 Å². The van der Waals surface area contributed by atoms with Gasteiger partial charge in [-0.1, -0.05) is 30.3 Å². The smallest absolute Gasteiger partial charge is 0.330 e. The van der Waals surface area contributed by atoms with Crippen LogP contribution in [0.1, 0.15) is 33.5 Å². The van der Waals surface area contributed by atoms with Crippen molar-refractivity contribution in [1.29, 1.82) is 0 Å². The summed E-state index contributed by atoms with van der Waals surface area (Å²) < 4.78 is 22.9. The largest absolute Gasteiger partial charge is 0.496 e. The van der Waals surface area contributed by atoms with Gasteiger partial charge in [-0.25, -0.2) is 9.18 Å². The Labute approximate surface area is 247 Å². The van der Waals surface area contributed by atoms with E-state index in [9.17, 15) is 19.2 Å². The lowest BCUT2D eigenvalue weighted by Crippen LogP contribution is -2.40. The Morgan fingerprint density at radius 2 is 1.63 bits per heavy atom. The van der Waals surface area contributed by atoms with Crippen molar-refractivity contribution in [3.63, 3.8) is 0 Å². The van der Waals surface area contributed by atoms with Crippen LogP contribution in [0.15, 0.2) is 64.3 Å². The molecule has 4 rings (SSSR count). The number of anilines is 1. The number of primary amides is 1. The van der Waals surface area contributed by atoms with Gasteiger partial charge in [-0.05, 0) is 65.4 Å². The van der Waals surface area contributed by atoms with Crippen LogP contribution in [0.2, 0.25) is 0 Å². The third-order valence-electron chi connectivity index (χ3n) is 7.43. The van der Waals surface area contributed by atoms with E-state index in [-0.39, 0.29) is 18.5 Å².